The van der Waals surface area contributed by atoms with Crippen molar-refractivity contribution in [1.82, 2.24) is 15.0 Å². The smallest absolute Gasteiger partial charge is 0.224 e. The molecule has 0 spiro atoms. The summed E-state index contributed by atoms with van der Waals surface area (Å²) in [6, 6.07) is 4.81. The van der Waals surface area contributed by atoms with Crippen LogP contribution in [0.4, 0.5) is 5.95 Å². The van der Waals surface area contributed by atoms with E-state index < -0.39 is 0 Å². The van der Waals surface area contributed by atoms with Gasteiger partial charge in [0, 0.05) is 5.56 Å². The summed E-state index contributed by atoms with van der Waals surface area (Å²) < 4.78 is 5.37. The minimum Gasteiger partial charge on any atom is -0.477 e. The minimum absolute atomic E-state index is 0.0487. The van der Waals surface area contributed by atoms with Gasteiger partial charge >= 0.3 is 0 Å². The number of rotatable bonds is 4. The lowest BCUT2D eigenvalue weighted by Crippen LogP contribution is -2.03. The zero-order chi connectivity index (χ0) is 19.3. The molecule has 8 nitrogen and oxygen atoms in total. The Morgan fingerprint density at radius 1 is 1.27 bits per heavy atom. The van der Waals surface area contributed by atoms with Crippen LogP contribution in [0.5, 0.6) is 5.75 Å². The highest BCUT2D eigenvalue weighted by Crippen LogP contribution is 2.36. The first-order valence-electron chi connectivity index (χ1n) is 6.80. The fourth-order valence-corrected chi connectivity index (χ4v) is 3.70. The van der Waals surface area contributed by atoms with Gasteiger partial charge in [-0.3, -0.25) is 10.8 Å². The van der Waals surface area contributed by atoms with Gasteiger partial charge in [0.25, 0.3) is 0 Å². The maximum atomic E-state index is 8.64. The van der Waals surface area contributed by atoms with E-state index in [0.717, 1.165) is 23.5 Å². The molecule has 0 aliphatic rings. The second kappa shape index (κ2) is 9.05. The Hall–Kier alpha value is -2.06. The van der Waals surface area contributed by atoms with E-state index in [4.69, 9.17) is 49.8 Å². The van der Waals surface area contributed by atoms with Crippen LogP contribution in [0, 0.1) is 22.1 Å². The number of nitriles is 1. The number of halogens is 2. The maximum absolute atomic E-state index is 8.64. The van der Waals surface area contributed by atoms with Crippen molar-refractivity contribution in [1.29, 1.82) is 16.1 Å². The van der Waals surface area contributed by atoms with Crippen LogP contribution in [0.25, 0.3) is 11.4 Å². The first-order valence-corrected chi connectivity index (χ1v) is 9.19. The Kier molecular flexibility index (Phi) is 7.05. The second-order valence-electron chi connectivity index (χ2n) is 4.56. The van der Waals surface area contributed by atoms with Crippen molar-refractivity contribution in [2.75, 3.05) is 12.3 Å². The number of aromatic nitrogens is 3. The highest BCUT2D eigenvalue weighted by atomic mass is 35.5. The van der Waals surface area contributed by atoms with Gasteiger partial charge in [-0.1, -0.05) is 23.2 Å². The summed E-state index contributed by atoms with van der Waals surface area (Å²) in [7, 11) is 0. The highest BCUT2D eigenvalue weighted by Gasteiger charge is 2.16. The molecule has 12 heteroatoms. The summed E-state index contributed by atoms with van der Waals surface area (Å²) in [4.78, 5) is 12.3. The summed E-state index contributed by atoms with van der Waals surface area (Å²) in [5.41, 5.74) is 6.12. The van der Waals surface area contributed by atoms with E-state index in [1.807, 2.05) is 6.07 Å². The average Bonchev–Trinajstić information content (AvgIpc) is 2.52. The first kappa shape index (κ1) is 20.3. The van der Waals surface area contributed by atoms with Crippen LogP contribution in [0.1, 0.15) is 6.92 Å². The molecule has 0 unspecified atom stereocenters. The summed E-state index contributed by atoms with van der Waals surface area (Å²) in [5, 5.41) is 24.8. The standard InChI is InChI=1S/C14H11Cl2N7OS2/c1-6(18)25-13(20)26-14-22-11(21-12(19)23-14)7-4-10(24-3-2-17)9(16)5-8(7)15/h4-5,18,20H,3H2,1H3,(H2,19,21,22,23). The molecule has 0 atom stereocenters. The Morgan fingerprint density at radius 3 is 2.65 bits per heavy atom. The number of nitrogen functional groups attached to an aromatic ring is 1. The number of nitrogens with one attached hydrogen (secondary N) is 2. The van der Waals surface area contributed by atoms with E-state index >= 15 is 0 Å². The lowest BCUT2D eigenvalue weighted by atomic mass is 10.2. The van der Waals surface area contributed by atoms with Crippen molar-refractivity contribution in [3.63, 3.8) is 0 Å². The SMILES string of the molecule is CC(=N)SC(=N)Sc1nc(N)nc(-c2cc(OCC#N)c(Cl)cc2Cl)n1. The molecule has 134 valence electrons. The van der Waals surface area contributed by atoms with Crippen LogP contribution in [-0.4, -0.2) is 31.0 Å². The molecule has 0 amide bonds. The molecule has 2 aromatic rings. The van der Waals surface area contributed by atoms with Gasteiger partial charge in [0.2, 0.25) is 5.95 Å². The van der Waals surface area contributed by atoms with E-state index in [1.165, 1.54) is 12.1 Å². The van der Waals surface area contributed by atoms with Crippen molar-refractivity contribution >= 4 is 62.1 Å². The van der Waals surface area contributed by atoms with E-state index in [-0.39, 0.29) is 48.8 Å². The summed E-state index contributed by atoms with van der Waals surface area (Å²) in [6.45, 7) is 1.39. The number of hydrogen-bond acceptors (Lipinski definition) is 10. The van der Waals surface area contributed by atoms with E-state index in [2.05, 4.69) is 15.0 Å². The van der Waals surface area contributed by atoms with Crippen molar-refractivity contribution < 1.29 is 4.74 Å². The Bertz CT molecular complexity index is 917. The fraction of sp³-hybridized carbons (Fsp3) is 0.143. The van der Waals surface area contributed by atoms with Crippen LogP contribution in [0.3, 0.4) is 0 Å². The van der Waals surface area contributed by atoms with Crippen molar-refractivity contribution in [2.45, 2.75) is 12.1 Å². The number of ether oxygens (including phenoxy) is 1. The summed E-state index contributed by atoms with van der Waals surface area (Å²) >= 11 is 14.2. The molecule has 2 rings (SSSR count). The number of nitrogens with zero attached hydrogens (tertiary/aromatic N) is 4. The lowest BCUT2D eigenvalue weighted by molar-refractivity contribution is 0.368. The van der Waals surface area contributed by atoms with Gasteiger partial charge in [-0.25, -0.2) is 4.98 Å². The zero-order valence-corrected chi connectivity index (χ0v) is 16.4. The lowest BCUT2D eigenvalue weighted by Gasteiger charge is -2.10. The van der Waals surface area contributed by atoms with E-state index in [0.29, 0.717) is 5.56 Å². The maximum Gasteiger partial charge on any atom is 0.224 e. The number of hydrogen-bond donors (Lipinski definition) is 3. The molecule has 0 fully saturated rings. The largest absolute Gasteiger partial charge is 0.477 e. The third-order valence-corrected chi connectivity index (χ3v) is 4.77. The normalized spacial score (nSPS) is 10.2. The van der Waals surface area contributed by atoms with Gasteiger partial charge in [0.05, 0.1) is 15.1 Å². The Balaban J connectivity index is 2.40. The average molecular weight is 428 g/mol. The minimum atomic E-state index is -0.182. The Morgan fingerprint density at radius 2 is 2.00 bits per heavy atom. The second-order valence-corrected chi connectivity index (χ2v) is 7.83. The van der Waals surface area contributed by atoms with Crippen LogP contribution in [-0.2, 0) is 0 Å². The molecule has 0 saturated heterocycles. The van der Waals surface area contributed by atoms with Crippen molar-refractivity contribution in [3.05, 3.63) is 22.2 Å². The van der Waals surface area contributed by atoms with Crippen LogP contribution >= 0.6 is 46.7 Å². The van der Waals surface area contributed by atoms with Gasteiger partial charge in [0.15, 0.2) is 17.6 Å². The van der Waals surface area contributed by atoms with Gasteiger partial charge in [-0.15, -0.1) is 0 Å². The summed E-state index contributed by atoms with van der Waals surface area (Å²) in [5.74, 6) is 0.378. The molecule has 0 radical (unpaired) electrons. The predicted octanol–water partition coefficient (Wildman–Crippen LogP) is 4.09. The molecule has 1 aromatic carbocycles. The molecule has 1 heterocycles. The monoisotopic (exact) mass is 427 g/mol. The van der Waals surface area contributed by atoms with E-state index in [9.17, 15) is 0 Å². The third-order valence-electron chi connectivity index (χ3n) is 2.62. The topological polar surface area (TPSA) is 145 Å². The van der Waals surface area contributed by atoms with Crippen LogP contribution in [0.2, 0.25) is 10.0 Å². The van der Waals surface area contributed by atoms with Crippen molar-refractivity contribution in [2.24, 2.45) is 0 Å². The number of benzene rings is 1. The predicted molar refractivity (Wildman–Crippen MR) is 105 cm³/mol. The van der Waals surface area contributed by atoms with E-state index in [1.54, 1.807) is 6.92 Å². The summed E-state index contributed by atoms with van der Waals surface area (Å²) in [6.07, 6.45) is 0. The van der Waals surface area contributed by atoms with Gasteiger partial charge in [0.1, 0.15) is 16.2 Å². The van der Waals surface area contributed by atoms with Gasteiger partial charge in [-0.05, 0) is 42.6 Å². The van der Waals surface area contributed by atoms with Crippen LogP contribution < -0.4 is 10.5 Å². The molecule has 0 aliphatic heterocycles. The molecule has 1 aromatic heterocycles. The molecule has 0 saturated carbocycles. The molecular formula is C14H11Cl2N7OS2. The molecule has 0 bridgehead atoms. The number of anilines is 1. The fourth-order valence-electron chi connectivity index (χ4n) is 1.70. The molecule has 26 heavy (non-hydrogen) atoms. The highest BCUT2D eigenvalue weighted by molar-refractivity contribution is 8.44. The third kappa shape index (κ3) is 5.47. The first-order chi connectivity index (χ1) is 12.3. The molecule has 4 N–H and O–H groups in total. The molecular weight excluding hydrogens is 417 g/mol. The van der Waals surface area contributed by atoms with Gasteiger partial charge in [-0.2, -0.15) is 15.2 Å². The number of nitrogens with two attached hydrogens (primary N) is 1. The number of thioether (sulfide) groups is 2. The van der Waals surface area contributed by atoms with Crippen LogP contribution in [0.15, 0.2) is 17.3 Å². The molecule has 0 aliphatic carbocycles. The Labute approximate surface area is 167 Å². The van der Waals surface area contributed by atoms with Crippen molar-refractivity contribution in [3.8, 4) is 23.2 Å². The van der Waals surface area contributed by atoms with Gasteiger partial charge < -0.3 is 10.5 Å². The zero-order valence-electron chi connectivity index (χ0n) is 13.2. The quantitative estimate of drug-likeness (QED) is 0.375.